The molecule has 0 saturated carbocycles. The van der Waals surface area contributed by atoms with Crippen LogP contribution in [-0.2, 0) is 4.74 Å². The van der Waals surface area contributed by atoms with Gasteiger partial charge in [-0.05, 0) is 6.92 Å². The quantitative estimate of drug-likeness (QED) is 0.476. The average molecular weight is 157 g/mol. The van der Waals surface area contributed by atoms with Gasteiger partial charge in [0.1, 0.15) is 6.10 Å². The van der Waals surface area contributed by atoms with E-state index in [0.29, 0.717) is 11.6 Å². The topological polar surface area (TPSA) is 59.3 Å². The first-order chi connectivity index (χ1) is 5.24. The smallest absolute Gasteiger partial charge is 0.205 e. The molecule has 1 saturated heterocycles. The van der Waals surface area contributed by atoms with Gasteiger partial charge in [-0.2, -0.15) is 0 Å². The summed E-state index contributed by atoms with van der Waals surface area (Å²) in [5.74, 6) is 0.691. The van der Waals surface area contributed by atoms with Crippen LogP contribution in [-0.4, -0.2) is 26.2 Å². The van der Waals surface area contributed by atoms with E-state index in [9.17, 15) is 0 Å². The van der Waals surface area contributed by atoms with Crippen molar-refractivity contribution in [3.8, 4) is 0 Å². The van der Waals surface area contributed by atoms with E-state index in [0.717, 1.165) is 13.1 Å². The molecule has 0 aromatic heterocycles. The van der Waals surface area contributed by atoms with Crippen LogP contribution in [0.1, 0.15) is 6.92 Å². The zero-order valence-corrected chi connectivity index (χ0v) is 6.98. The third kappa shape index (κ3) is 2.01. The summed E-state index contributed by atoms with van der Waals surface area (Å²) >= 11 is 0. The minimum absolute atomic E-state index is 0.288. The minimum atomic E-state index is 0.288. The third-order valence-electron chi connectivity index (χ3n) is 1.61. The highest BCUT2D eigenvalue weighted by molar-refractivity contribution is 5.00. The average Bonchev–Trinajstić information content (AvgIpc) is 1.85. The van der Waals surface area contributed by atoms with Crippen LogP contribution in [0.3, 0.4) is 0 Å². The molecule has 1 aliphatic rings. The highest BCUT2D eigenvalue weighted by atomic mass is 16.5. The van der Waals surface area contributed by atoms with Gasteiger partial charge in [0, 0.05) is 20.1 Å². The summed E-state index contributed by atoms with van der Waals surface area (Å²) in [6, 6.07) is 0. The largest absolute Gasteiger partial charge is 0.472 e. The van der Waals surface area contributed by atoms with Crippen molar-refractivity contribution in [3.63, 3.8) is 0 Å². The van der Waals surface area contributed by atoms with Crippen LogP contribution in [0.15, 0.2) is 11.6 Å². The Balaban J connectivity index is 2.37. The van der Waals surface area contributed by atoms with Gasteiger partial charge >= 0.3 is 0 Å². The van der Waals surface area contributed by atoms with Crippen molar-refractivity contribution in [2.75, 3.05) is 20.1 Å². The number of rotatable bonds is 3. The Bertz CT molecular complexity index is 159. The van der Waals surface area contributed by atoms with Crippen LogP contribution in [0.5, 0.6) is 0 Å². The van der Waals surface area contributed by atoms with Gasteiger partial charge in [-0.3, -0.25) is 0 Å². The molecule has 0 aliphatic carbocycles. The number of ether oxygens (including phenoxy) is 1. The van der Waals surface area contributed by atoms with Crippen molar-refractivity contribution in [2.24, 2.45) is 5.73 Å². The molecule has 4 nitrogen and oxygen atoms in total. The lowest BCUT2D eigenvalue weighted by Crippen LogP contribution is -2.49. The van der Waals surface area contributed by atoms with Crippen LogP contribution >= 0.6 is 0 Å². The van der Waals surface area contributed by atoms with Gasteiger partial charge in [0.05, 0.1) is 5.70 Å². The fourth-order valence-electron chi connectivity index (χ4n) is 0.861. The van der Waals surface area contributed by atoms with E-state index in [4.69, 9.17) is 10.5 Å². The van der Waals surface area contributed by atoms with E-state index in [1.54, 1.807) is 7.05 Å². The Morgan fingerprint density at radius 3 is 2.55 bits per heavy atom. The Hall–Kier alpha value is -0.900. The maximum Gasteiger partial charge on any atom is 0.205 e. The molecule has 0 radical (unpaired) electrons. The summed E-state index contributed by atoms with van der Waals surface area (Å²) in [5.41, 5.74) is 6.24. The molecule has 1 heterocycles. The lowest BCUT2D eigenvalue weighted by molar-refractivity contribution is 0.0597. The van der Waals surface area contributed by atoms with Crippen molar-refractivity contribution < 1.29 is 4.74 Å². The van der Waals surface area contributed by atoms with Crippen molar-refractivity contribution in [3.05, 3.63) is 11.6 Å². The Labute approximate surface area is 66.8 Å². The van der Waals surface area contributed by atoms with Crippen LogP contribution in [0, 0.1) is 0 Å². The lowest BCUT2D eigenvalue weighted by atomic mass is 10.2. The molecule has 4 N–H and O–H groups in total. The lowest BCUT2D eigenvalue weighted by Gasteiger charge is -2.29. The van der Waals surface area contributed by atoms with Crippen molar-refractivity contribution in [2.45, 2.75) is 13.0 Å². The fourth-order valence-corrected chi connectivity index (χ4v) is 0.861. The van der Waals surface area contributed by atoms with Crippen LogP contribution in [0.2, 0.25) is 0 Å². The number of allylic oxidation sites excluding steroid dienone is 1. The molecule has 0 amide bonds. The van der Waals surface area contributed by atoms with E-state index >= 15 is 0 Å². The molecule has 11 heavy (non-hydrogen) atoms. The zero-order valence-electron chi connectivity index (χ0n) is 6.98. The molecule has 0 aromatic rings. The van der Waals surface area contributed by atoms with E-state index in [-0.39, 0.29) is 6.10 Å². The molecule has 0 bridgehead atoms. The van der Waals surface area contributed by atoms with Crippen LogP contribution in [0.25, 0.3) is 0 Å². The highest BCUT2D eigenvalue weighted by Crippen LogP contribution is 2.05. The molecule has 1 fully saturated rings. The van der Waals surface area contributed by atoms with E-state index in [2.05, 4.69) is 10.6 Å². The monoisotopic (exact) mass is 157 g/mol. The fraction of sp³-hybridized carbons (Fsp3) is 0.714. The van der Waals surface area contributed by atoms with Gasteiger partial charge in [0.2, 0.25) is 5.88 Å². The standard InChI is InChI=1S/C7H15N3O/c1-5(8)7(9-2)11-6-3-10-4-6/h6,9-10H,3-4,8H2,1-2H3/b7-5-. The summed E-state index contributed by atoms with van der Waals surface area (Å²) in [5, 5.41) is 6.02. The SMILES string of the molecule is CN/C(OC1CNC1)=C(\C)N. The number of hydrogen-bond donors (Lipinski definition) is 3. The maximum atomic E-state index is 5.55. The normalized spacial score (nSPS) is 20.2. The molecule has 0 aromatic carbocycles. The van der Waals surface area contributed by atoms with E-state index < -0.39 is 0 Å². The molecule has 64 valence electrons. The molecule has 0 unspecified atom stereocenters. The van der Waals surface area contributed by atoms with Crippen LogP contribution in [0.4, 0.5) is 0 Å². The van der Waals surface area contributed by atoms with Crippen LogP contribution < -0.4 is 16.4 Å². The predicted molar refractivity (Wildman–Crippen MR) is 43.7 cm³/mol. The van der Waals surface area contributed by atoms with Gasteiger partial charge in [-0.15, -0.1) is 0 Å². The van der Waals surface area contributed by atoms with Crippen molar-refractivity contribution in [1.82, 2.24) is 10.6 Å². The summed E-state index contributed by atoms with van der Waals surface area (Å²) in [4.78, 5) is 0. The molecule has 1 aliphatic heterocycles. The predicted octanol–water partition coefficient (Wildman–Crippen LogP) is -0.658. The van der Waals surface area contributed by atoms with Gasteiger partial charge in [-0.1, -0.05) is 0 Å². The highest BCUT2D eigenvalue weighted by Gasteiger charge is 2.19. The summed E-state index contributed by atoms with van der Waals surface area (Å²) in [7, 11) is 1.80. The first-order valence-electron chi connectivity index (χ1n) is 3.75. The van der Waals surface area contributed by atoms with Crippen molar-refractivity contribution in [1.29, 1.82) is 0 Å². The second-order valence-corrected chi connectivity index (χ2v) is 2.66. The second kappa shape index (κ2) is 3.48. The van der Waals surface area contributed by atoms with Gasteiger partial charge in [-0.25, -0.2) is 0 Å². The number of nitrogens with one attached hydrogen (secondary N) is 2. The first kappa shape index (κ1) is 8.20. The maximum absolute atomic E-state index is 5.55. The number of hydrogen-bond acceptors (Lipinski definition) is 4. The third-order valence-corrected chi connectivity index (χ3v) is 1.61. The molecule has 0 atom stereocenters. The second-order valence-electron chi connectivity index (χ2n) is 2.66. The number of nitrogens with two attached hydrogens (primary N) is 1. The minimum Gasteiger partial charge on any atom is -0.472 e. The zero-order chi connectivity index (χ0) is 8.27. The van der Waals surface area contributed by atoms with E-state index in [1.807, 2.05) is 6.92 Å². The Kier molecular flexibility index (Phi) is 2.59. The summed E-state index contributed by atoms with van der Waals surface area (Å²) in [6.07, 6.45) is 0.288. The van der Waals surface area contributed by atoms with Gasteiger partial charge in [0.25, 0.3) is 0 Å². The first-order valence-corrected chi connectivity index (χ1v) is 3.75. The molecule has 4 heteroatoms. The molecule has 0 spiro atoms. The molecule has 1 rings (SSSR count). The molecular weight excluding hydrogens is 142 g/mol. The molecular formula is C7H15N3O. The summed E-state index contributed by atoms with van der Waals surface area (Å²) in [6.45, 7) is 3.65. The summed E-state index contributed by atoms with van der Waals surface area (Å²) < 4.78 is 5.48. The van der Waals surface area contributed by atoms with Crippen molar-refractivity contribution >= 4 is 0 Å². The van der Waals surface area contributed by atoms with E-state index in [1.165, 1.54) is 0 Å². The van der Waals surface area contributed by atoms with Gasteiger partial charge in [0.15, 0.2) is 0 Å². The Morgan fingerprint density at radius 1 is 1.64 bits per heavy atom. The Morgan fingerprint density at radius 2 is 2.27 bits per heavy atom. The van der Waals surface area contributed by atoms with Gasteiger partial charge < -0.3 is 21.1 Å².